The lowest BCUT2D eigenvalue weighted by Crippen LogP contribution is -2.14. The molecule has 5 heterocycles. The van der Waals surface area contributed by atoms with Crippen molar-refractivity contribution in [1.29, 1.82) is 0 Å². The fourth-order valence-electron chi connectivity index (χ4n) is 15.6. The Morgan fingerprint density at radius 3 is 0.972 bits per heavy atom. The summed E-state index contributed by atoms with van der Waals surface area (Å²) in [7, 11) is 0. The van der Waals surface area contributed by atoms with E-state index in [1.165, 1.54) is 105 Å². The van der Waals surface area contributed by atoms with Crippen LogP contribution in [0.1, 0.15) is 25.0 Å². The predicted molar refractivity (Wildman–Crippen MR) is 458 cm³/mol. The van der Waals surface area contributed by atoms with E-state index < -0.39 is 0 Å². The first kappa shape index (κ1) is 64.6. The summed E-state index contributed by atoms with van der Waals surface area (Å²) in [4.78, 5) is 25.9. The molecule has 0 amide bonds. The van der Waals surface area contributed by atoms with Crippen molar-refractivity contribution in [2.24, 2.45) is 0 Å². The average molecular weight is 1430 g/mol. The van der Waals surface area contributed by atoms with Crippen LogP contribution in [0.25, 0.3) is 195 Å². The van der Waals surface area contributed by atoms with Crippen LogP contribution in [0.15, 0.2) is 358 Å². The summed E-state index contributed by atoms with van der Waals surface area (Å²) in [6, 6.07) is 128. The van der Waals surface area contributed by atoms with Crippen molar-refractivity contribution >= 4 is 94.5 Å². The normalized spacial score (nSPS) is 12.2. The SMILES string of the molecule is CC1(C)c2ccccc2-c2ccc(-c3cc(-c4ccc(-c5ccc6sc7ccccc7c6c5)cc4)nc(-c4ccccc4)n3)cc21.c1ccc(-c2ccc(-c3nc(-c4ccc(-c5ccccc5)cc4)nc(-c4cc(-c5ccc6sc7ccccc7c6c5)cc(-c5ccc6sc7ccccc7c6c5)c4)n3)cc2)cc1. The molecule has 0 atom stereocenters. The van der Waals surface area contributed by atoms with E-state index in [9.17, 15) is 0 Å². The van der Waals surface area contributed by atoms with Gasteiger partial charge in [-0.3, -0.25) is 0 Å². The van der Waals surface area contributed by atoms with Crippen LogP contribution in [-0.4, -0.2) is 24.9 Å². The number of hydrogen-bond acceptors (Lipinski definition) is 8. The summed E-state index contributed by atoms with van der Waals surface area (Å²) in [5.74, 6) is 2.61. The lowest BCUT2D eigenvalue weighted by atomic mass is 9.82. The molecule has 5 nitrogen and oxygen atoms in total. The summed E-state index contributed by atoms with van der Waals surface area (Å²) < 4.78 is 7.81. The van der Waals surface area contributed by atoms with Gasteiger partial charge in [-0.25, -0.2) is 24.9 Å². The Labute approximate surface area is 637 Å². The fraction of sp³-hybridized carbons (Fsp3) is 0.0300. The molecule has 8 heteroatoms. The molecule has 0 fully saturated rings. The third kappa shape index (κ3) is 11.9. The summed E-state index contributed by atoms with van der Waals surface area (Å²) in [5, 5.41) is 7.73. The summed E-state index contributed by atoms with van der Waals surface area (Å²) in [6.07, 6.45) is 0. The van der Waals surface area contributed by atoms with E-state index in [2.05, 4.69) is 341 Å². The maximum Gasteiger partial charge on any atom is 0.164 e. The Kier molecular flexibility index (Phi) is 16.1. The molecule has 0 spiro atoms. The van der Waals surface area contributed by atoms with Gasteiger partial charge >= 0.3 is 0 Å². The highest BCUT2D eigenvalue weighted by molar-refractivity contribution is 7.26. The number of hydrogen-bond donors (Lipinski definition) is 0. The molecule has 0 radical (unpaired) electrons. The van der Waals surface area contributed by atoms with E-state index in [1.807, 2.05) is 64.3 Å². The Balaban J connectivity index is 0.000000149. The average Bonchev–Trinajstić information content (AvgIpc) is 1.57. The molecule has 21 rings (SSSR count). The molecule has 5 aromatic heterocycles. The zero-order valence-corrected chi connectivity index (χ0v) is 61.5. The number of fused-ring (bicyclic) bond motifs is 12. The minimum atomic E-state index is -0.0752. The van der Waals surface area contributed by atoms with E-state index in [0.29, 0.717) is 17.5 Å². The standard InChI is InChI=1S/C57H35N3S2.C43H30N2S/c1-3-11-36(12-4-1)38-19-23-40(24-20-38)55-58-56(41-25-21-39(22-26-41)37-13-5-2-6-14-37)60-57(59-55)46-32-44(42-27-29-53-49(34-42)47-15-7-9-17-51(47)61-53)31-45(33-46)43-28-30-54-50(35-43)48-16-8-10-18-52(48)62-54;1-43(2)36-14-8-6-12-32(36)33-22-20-31(25-37(33)43)39-26-38(44-42(45-39)29-10-4-3-5-11-29)28-18-16-27(17-19-28)30-21-23-41-35(24-30)34-13-7-9-15-40(34)46-41/h1-35H;3-26H,1-2H3. The Morgan fingerprint density at radius 2 is 0.491 bits per heavy atom. The molecule has 0 saturated carbocycles. The molecular weight excluding hydrogens is 1370 g/mol. The fourth-order valence-corrected chi connectivity index (χ4v) is 18.9. The van der Waals surface area contributed by atoms with Crippen LogP contribution in [0.2, 0.25) is 0 Å². The second-order valence-corrected chi connectivity index (χ2v) is 31.5. The van der Waals surface area contributed by atoms with E-state index in [0.717, 1.165) is 84.0 Å². The summed E-state index contributed by atoms with van der Waals surface area (Å²) in [5.41, 5.74) is 24.6. The lowest BCUT2D eigenvalue weighted by molar-refractivity contribution is 0.660. The van der Waals surface area contributed by atoms with Gasteiger partial charge in [0.2, 0.25) is 0 Å². The Morgan fingerprint density at radius 1 is 0.185 bits per heavy atom. The van der Waals surface area contributed by atoms with Gasteiger partial charge in [0.05, 0.1) is 11.4 Å². The third-order valence-corrected chi connectivity index (χ3v) is 24.7. The Hall–Kier alpha value is -13.0. The van der Waals surface area contributed by atoms with Gasteiger partial charge in [0.25, 0.3) is 0 Å². The van der Waals surface area contributed by atoms with Crippen molar-refractivity contribution in [3.05, 3.63) is 369 Å². The highest BCUT2D eigenvalue weighted by Gasteiger charge is 2.35. The maximum absolute atomic E-state index is 5.28. The van der Waals surface area contributed by atoms with Gasteiger partial charge in [-0.1, -0.05) is 287 Å². The monoisotopic (exact) mass is 1430 g/mol. The Bertz CT molecular complexity index is 6630. The molecule has 0 unspecified atom stereocenters. The highest BCUT2D eigenvalue weighted by atomic mass is 32.1. The number of thiophene rings is 3. The molecule has 1 aliphatic rings. The predicted octanol–water partition coefficient (Wildman–Crippen LogP) is 28.1. The van der Waals surface area contributed by atoms with Gasteiger partial charge in [-0.15, -0.1) is 34.0 Å². The van der Waals surface area contributed by atoms with Gasteiger partial charge in [0, 0.05) is 99.3 Å². The number of aromatic nitrogens is 5. The molecule has 1 aliphatic carbocycles. The van der Waals surface area contributed by atoms with Gasteiger partial charge in [-0.05, 0) is 163 Å². The quantitative estimate of drug-likeness (QED) is 0.129. The van der Waals surface area contributed by atoms with Crippen molar-refractivity contribution in [2.75, 3.05) is 0 Å². The molecule has 20 aromatic rings. The highest BCUT2D eigenvalue weighted by Crippen LogP contribution is 2.50. The number of nitrogens with zero attached hydrogens (tertiary/aromatic N) is 5. The number of rotatable bonds is 11. The van der Waals surface area contributed by atoms with E-state index in [1.54, 1.807) is 0 Å². The lowest BCUT2D eigenvalue weighted by Gasteiger charge is -2.22. The molecule has 0 aliphatic heterocycles. The molecular formula is C100H65N5S3. The van der Waals surface area contributed by atoms with Crippen LogP contribution in [-0.2, 0) is 5.41 Å². The third-order valence-electron chi connectivity index (χ3n) is 21.3. The van der Waals surface area contributed by atoms with Crippen molar-refractivity contribution in [2.45, 2.75) is 19.3 Å². The second kappa shape index (κ2) is 26.9. The molecule has 0 saturated heterocycles. The first-order chi connectivity index (χ1) is 53.2. The van der Waals surface area contributed by atoms with Crippen LogP contribution in [0.4, 0.5) is 0 Å². The zero-order valence-electron chi connectivity index (χ0n) is 59.0. The number of benzene rings is 15. The van der Waals surface area contributed by atoms with E-state index >= 15 is 0 Å². The topological polar surface area (TPSA) is 64.5 Å². The maximum atomic E-state index is 5.28. The van der Waals surface area contributed by atoms with E-state index in [-0.39, 0.29) is 5.41 Å². The molecule has 15 aromatic carbocycles. The second-order valence-electron chi connectivity index (χ2n) is 28.3. The van der Waals surface area contributed by atoms with Crippen molar-refractivity contribution in [3.8, 4) is 135 Å². The molecule has 0 bridgehead atoms. The molecule has 0 N–H and O–H groups in total. The van der Waals surface area contributed by atoms with Crippen LogP contribution in [0.5, 0.6) is 0 Å². The first-order valence-corrected chi connectivity index (χ1v) is 38.9. The summed E-state index contributed by atoms with van der Waals surface area (Å²) >= 11 is 5.53. The summed E-state index contributed by atoms with van der Waals surface area (Å²) in [6.45, 7) is 4.64. The van der Waals surface area contributed by atoms with Gasteiger partial charge < -0.3 is 0 Å². The van der Waals surface area contributed by atoms with Crippen LogP contribution in [0.3, 0.4) is 0 Å². The zero-order chi connectivity index (χ0) is 71.8. The van der Waals surface area contributed by atoms with Crippen molar-refractivity contribution < 1.29 is 0 Å². The van der Waals surface area contributed by atoms with Gasteiger partial charge in [-0.2, -0.15) is 0 Å². The van der Waals surface area contributed by atoms with E-state index in [4.69, 9.17) is 24.9 Å². The molecule has 108 heavy (non-hydrogen) atoms. The van der Waals surface area contributed by atoms with Crippen LogP contribution >= 0.6 is 34.0 Å². The molecule has 508 valence electrons. The van der Waals surface area contributed by atoms with Gasteiger partial charge in [0.1, 0.15) is 0 Å². The largest absolute Gasteiger partial charge is 0.228 e. The minimum Gasteiger partial charge on any atom is -0.228 e. The smallest absolute Gasteiger partial charge is 0.164 e. The van der Waals surface area contributed by atoms with Crippen LogP contribution < -0.4 is 0 Å². The van der Waals surface area contributed by atoms with Gasteiger partial charge in [0.15, 0.2) is 23.3 Å². The first-order valence-electron chi connectivity index (χ1n) is 36.5. The van der Waals surface area contributed by atoms with Crippen molar-refractivity contribution in [3.63, 3.8) is 0 Å². The van der Waals surface area contributed by atoms with Crippen LogP contribution in [0, 0.1) is 0 Å². The minimum absolute atomic E-state index is 0.0752. The van der Waals surface area contributed by atoms with Crippen molar-refractivity contribution in [1.82, 2.24) is 24.9 Å².